The maximum atomic E-state index is 14.4. The van der Waals surface area contributed by atoms with E-state index in [1.54, 1.807) is 36.4 Å². The highest BCUT2D eigenvalue weighted by Crippen LogP contribution is 2.29. The number of carbonyl (C=O) groups is 2. The highest BCUT2D eigenvalue weighted by molar-refractivity contribution is 6.04. The van der Waals surface area contributed by atoms with E-state index in [-0.39, 0.29) is 6.61 Å². The van der Waals surface area contributed by atoms with Crippen molar-refractivity contribution in [2.45, 2.75) is 13.0 Å². The maximum Gasteiger partial charge on any atom is 0.417 e. The number of halogens is 1. The van der Waals surface area contributed by atoms with Gasteiger partial charge < -0.3 is 4.74 Å². The Kier molecular flexibility index (Phi) is 4.42. The lowest BCUT2D eigenvalue weighted by Gasteiger charge is -2.18. The lowest BCUT2D eigenvalue weighted by atomic mass is 10.1. The molecule has 0 bridgehead atoms. The first kappa shape index (κ1) is 15.9. The molecule has 122 valence electrons. The summed E-state index contributed by atoms with van der Waals surface area (Å²) in [6.07, 6.45) is 0.288. The number of aryl methyl sites for hydroxylation is 1. The fraction of sp³-hybridized carbons (Fsp3) is 0.158. The molecule has 0 radical (unpaired) electrons. The Morgan fingerprint density at radius 3 is 2.50 bits per heavy atom. The van der Waals surface area contributed by atoms with Crippen LogP contribution in [0, 0.1) is 6.92 Å². The van der Waals surface area contributed by atoms with Gasteiger partial charge in [-0.3, -0.25) is 4.79 Å². The summed E-state index contributed by atoms with van der Waals surface area (Å²) in [5, 5.41) is 0. The average Bonchev–Trinajstić information content (AvgIpc) is 2.98. The number of imide groups is 1. The first-order valence-electron chi connectivity index (χ1n) is 7.55. The molecule has 3 rings (SSSR count). The molecule has 24 heavy (non-hydrogen) atoms. The van der Waals surface area contributed by atoms with Gasteiger partial charge in [0.05, 0.1) is 0 Å². The van der Waals surface area contributed by atoms with Gasteiger partial charge in [-0.1, -0.05) is 60.2 Å². The number of rotatable bonds is 3. The molecule has 1 aliphatic rings. The Labute approximate surface area is 139 Å². The molecule has 1 heterocycles. The largest absolute Gasteiger partial charge is 0.446 e. The molecule has 2 amide bonds. The van der Waals surface area contributed by atoms with Crippen molar-refractivity contribution in [3.63, 3.8) is 0 Å². The summed E-state index contributed by atoms with van der Waals surface area (Å²) in [4.78, 5) is 25.1. The molecule has 0 aliphatic carbocycles. The van der Waals surface area contributed by atoms with Crippen molar-refractivity contribution in [2.24, 2.45) is 0 Å². The second-order valence-corrected chi connectivity index (χ2v) is 5.58. The lowest BCUT2D eigenvalue weighted by molar-refractivity contribution is -0.126. The number of ether oxygens (including phenoxy) is 1. The Morgan fingerprint density at radius 1 is 1.17 bits per heavy atom. The Balaban J connectivity index is 1.86. The Bertz CT molecular complexity index is 784. The monoisotopic (exact) mass is 325 g/mol. The second-order valence-electron chi connectivity index (χ2n) is 5.58. The van der Waals surface area contributed by atoms with Crippen LogP contribution in [0.5, 0.6) is 0 Å². The first-order valence-corrected chi connectivity index (χ1v) is 7.55. The van der Waals surface area contributed by atoms with E-state index in [1.165, 1.54) is 0 Å². The summed E-state index contributed by atoms with van der Waals surface area (Å²) < 4.78 is 19.3. The van der Waals surface area contributed by atoms with Crippen LogP contribution in [0.25, 0.3) is 6.08 Å². The van der Waals surface area contributed by atoms with E-state index in [0.29, 0.717) is 5.56 Å². The number of hydrogen-bond donors (Lipinski definition) is 0. The number of cyclic esters (lactones) is 1. The fourth-order valence-corrected chi connectivity index (χ4v) is 2.55. The van der Waals surface area contributed by atoms with Crippen LogP contribution in [0.4, 0.5) is 9.18 Å². The highest BCUT2D eigenvalue weighted by atomic mass is 19.1. The molecule has 5 heteroatoms. The zero-order valence-electron chi connectivity index (χ0n) is 13.1. The number of benzene rings is 2. The third-order valence-electron chi connectivity index (χ3n) is 3.85. The van der Waals surface area contributed by atoms with Gasteiger partial charge in [-0.2, -0.15) is 0 Å². The van der Waals surface area contributed by atoms with Crippen LogP contribution in [0.2, 0.25) is 0 Å². The molecule has 1 aliphatic heterocycles. The molecule has 0 saturated carbocycles. The van der Waals surface area contributed by atoms with Crippen molar-refractivity contribution in [2.75, 3.05) is 6.61 Å². The van der Waals surface area contributed by atoms with E-state index in [4.69, 9.17) is 4.74 Å². The summed E-state index contributed by atoms with van der Waals surface area (Å²) in [6, 6.07) is 15.4. The standard InChI is InChI=1S/C19H16FNO3/c1-13-7-9-14(10-8-13)11-16(20)18(22)21-17(12-24-19(21)23)15-5-3-2-4-6-15/h2-11,17H,12H2,1H3/b16-11-. The third kappa shape index (κ3) is 3.20. The maximum absolute atomic E-state index is 14.4. The molecule has 0 spiro atoms. The molecule has 1 unspecified atom stereocenters. The summed E-state index contributed by atoms with van der Waals surface area (Å²) in [6.45, 7) is 1.94. The first-order chi connectivity index (χ1) is 11.6. The highest BCUT2D eigenvalue weighted by Gasteiger charge is 2.40. The van der Waals surface area contributed by atoms with E-state index in [1.807, 2.05) is 25.1 Å². The Hall–Kier alpha value is -2.95. The molecular formula is C19H16FNO3. The van der Waals surface area contributed by atoms with Crippen LogP contribution in [-0.4, -0.2) is 23.5 Å². The molecule has 0 N–H and O–H groups in total. The van der Waals surface area contributed by atoms with Crippen molar-refractivity contribution in [3.05, 3.63) is 77.1 Å². The lowest BCUT2D eigenvalue weighted by Crippen LogP contribution is -2.34. The van der Waals surface area contributed by atoms with Crippen LogP contribution in [0.15, 0.2) is 60.4 Å². The summed E-state index contributed by atoms with van der Waals surface area (Å²) in [5.74, 6) is -1.99. The van der Waals surface area contributed by atoms with Crippen molar-refractivity contribution in [1.82, 2.24) is 4.90 Å². The van der Waals surface area contributed by atoms with Gasteiger partial charge in [0.25, 0.3) is 5.91 Å². The van der Waals surface area contributed by atoms with Gasteiger partial charge >= 0.3 is 6.09 Å². The van der Waals surface area contributed by atoms with Crippen LogP contribution >= 0.6 is 0 Å². The molecule has 1 saturated heterocycles. The molecule has 4 nitrogen and oxygen atoms in total. The Morgan fingerprint density at radius 2 is 1.83 bits per heavy atom. The predicted molar refractivity (Wildman–Crippen MR) is 87.6 cm³/mol. The number of hydrogen-bond acceptors (Lipinski definition) is 3. The molecule has 0 aromatic heterocycles. The summed E-state index contributed by atoms with van der Waals surface area (Å²) >= 11 is 0. The average molecular weight is 325 g/mol. The minimum Gasteiger partial charge on any atom is -0.446 e. The van der Waals surface area contributed by atoms with Crippen LogP contribution in [0.1, 0.15) is 22.7 Å². The van der Waals surface area contributed by atoms with Gasteiger partial charge in [0, 0.05) is 0 Å². The van der Waals surface area contributed by atoms with Gasteiger partial charge in [0.2, 0.25) is 0 Å². The van der Waals surface area contributed by atoms with Crippen molar-refractivity contribution < 1.29 is 18.7 Å². The summed E-state index contributed by atoms with van der Waals surface area (Å²) in [5.41, 5.74) is 2.31. The quantitative estimate of drug-likeness (QED) is 0.801. The number of carbonyl (C=O) groups excluding carboxylic acids is 2. The van der Waals surface area contributed by atoms with Gasteiger partial charge in [-0.05, 0) is 24.1 Å². The minimum atomic E-state index is -1.00. The smallest absolute Gasteiger partial charge is 0.417 e. The predicted octanol–water partition coefficient (Wildman–Crippen LogP) is 4.03. The number of amides is 2. The zero-order chi connectivity index (χ0) is 17.1. The van der Waals surface area contributed by atoms with E-state index in [0.717, 1.165) is 22.1 Å². The zero-order valence-corrected chi connectivity index (χ0v) is 13.1. The SMILES string of the molecule is Cc1ccc(/C=C(\F)C(=O)N2C(=O)OCC2c2ccccc2)cc1. The topological polar surface area (TPSA) is 46.6 Å². The number of nitrogens with zero attached hydrogens (tertiary/aromatic N) is 1. The van der Waals surface area contributed by atoms with E-state index in [9.17, 15) is 14.0 Å². The van der Waals surface area contributed by atoms with E-state index < -0.39 is 23.9 Å². The minimum absolute atomic E-state index is 0.0202. The molecular weight excluding hydrogens is 309 g/mol. The van der Waals surface area contributed by atoms with Crippen LogP contribution < -0.4 is 0 Å². The van der Waals surface area contributed by atoms with Crippen molar-refractivity contribution in [1.29, 1.82) is 0 Å². The van der Waals surface area contributed by atoms with E-state index in [2.05, 4.69) is 0 Å². The van der Waals surface area contributed by atoms with Crippen LogP contribution in [-0.2, 0) is 9.53 Å². The van der Waals surface area contributed by atoms with Gasteiger partial charge in [-0.15, -0.1) is 0 Å². The molecule has 1 fully saturated rings. The second kappa shape index (κ2) is 6.66. The third-order valence-corrected chi connectivity index (χ3v) is 3.85. The van der Waals surface area contributed by atoms with Gasteiger partial charge in [0.1, 0.15) is 12.6 Å². The van der Waals surface area contributed by atoms with Crippen LogP contribution in [0.3, 0.4) is 0 Å². The van der Waals surface area contributed by atoms with Crippen molar-refractivity contribution in [3.8, 4) is 0 Å². The molecule has 2 aromatic rings. The van der Waals surface area contributed by atoms with Crippen molar-refractivity contribution >= 4 is 18.1 Å². The molecule has 1 atom stereocenters. The van der Waals surface area contributed by atoms with E-state index >= 15 is 0 Å². The van der Waals surface area contributed by atoms with Gasteiger partial charge in [-0.25, -0.2) is 14.1 Å². The normalized spacial score (nSPS) is 17.8. The van der Waals surface area contributed by atoms with Gasteiger partial charge in [0.15, 0.2) is 5.83 Å². The fourth-order valence-electron chi connectivity index (χ4n) is 2.55. The molecule has 2 aromatic carbocycles. The summed E-state index contributed by atoms with van der Waals surface area (Å²) in [7, 11) is 0.